The number of imidazole rings is 1. The molecule has 0 amide bonds. The summed E-state index contributed by atoms with van der Waals surface area (Å²) < 4.78 is 93.4. The molecule has 4 aromatic rings. The predicted molar refractivity (Wildman–Crippen MR) is 208 cm³/mol. The highest BCUT2D eigenvalue weighted by Crippen LogP contribution is 2.53. The van der Waals surface area contributed by atoms with Gasteiger partial charge in [0, 0.05) is 0 Å². The maximum atomic E-state index is 17.3. The fraction of sp³-hybridized carbons (Fsp3) is 0.486. The summed E-state index contributed by atoms with van der Waals surface area (Å²) in [5.74, 6) is -1.08. The van der Waals surface area contributed by atoms with Crippen LogP contribution in [0.5, 0.6) is 17.4 Å². The third kappa shape index (κ3) is 11.0. The van der Waals surface area contributed by atoms with Crippen LogP contribution in [0.1, 0.15) is 54.7 Å². The summed E-state index contributed by atoms with van der Waals surface area (Å²) in [5.41, 5.74) is -1.39. The van der Waals surface area contributed by atoms with E-state index in [4.69, 9.17) is 37.0 Å². The normalized spacial score (nSPS) is 22.5. The molecule has 316 valence electrons. The highest BCUT2D eigenvalue weighted by atomic mass is 31.2. The standard InChI is InChI=1S/C37H49FN6O12P2/c1-23(2)52-35(45)25(5)42-57(47,55-27-15-11-9-12-16-27)50-19-29-37(7,31(38)34(54-29)44-22-41-30-32(44)39-21-40-33(30)49-8)20-51-58(48,56-28-17-13-10-14-18-28)43-26(6)36(46)53-24(3)4/h9-18,21-26,29,31,34H,19-20H2,1-8H3,(H,42,47)(H,43,48)/t25-,26-,29?,31?,34?,37-,57?,58?/m0/s1. The van der Waals surface area contributed by atoms with Crippen molar-refractivity contribution in [3.05, 3.63) is 73.3 Å². The van der Waals surface area contributed by atoms with Crippen LogP contribution in [0, 0.1) is 5.41 Å². The number of hydrogen-bond acceptors (Lipinski definition) is 15. The summed E-state index contributed by atoms with van der Waals surface area (Å²) in [6, 6.07) is 13.7. The molecule has 0 aliphatic carbocycles. The number of methoxy groups -OCH3 is 1. The van der Waals surface area contributed by atoms with Gasteiger partial charge in [0.05, 0.1) is 50.4 Å². The maximum absolute atomic E-state index is 17.3. The van der Waals surface area contributed by atoms with E-state index in [0.717, 1.165) is 0 Å². The Balaban J connectivity index is 1.50. The van der Waals surface area contributed by atoms with Gasteiger partial charge in [-0.25, -0.2) is 23.5 Å². The van der Waals surface area contributed by atoms with Crippen LogP contribution in [0.15, 0.2) is 73.3 Å². The van der Waals surface area contributed by atoms with Crippen LogP contribution in [0.3, 0.4) is 0 Å². The molecule has 0 bridgehead atoms. The highest BCUT2D eigenvalue weighted by molar-refractivity contribution is 7.52. The second-order valence-electron chi connectivity index (χ2n) is 14.2. The van der Waals surface area contributed by atoms with Crippen LogP contribution >= 0.6 is 15.5 Å². The summed E-state index contributed by atoms with van der Waals surface area (Å²) >= 11 is 0. The number of esters is 2. The van der Waals surface area contributed by atoms with Gasteiger partial charge in [-0.1, -0.05) is 43.3 Å². The Hall–Kier alpha value is -4.48. The van der Waals surface area contributed by atoms with E-state index in [1.54, 1.807) is 64.1 Å². The minimum atomic E-state index is -4.52. The molecule has 58 heavy (non-hydrogen) atoms. The molecule has 0 spiro atoms. The zero-order valence-electron chi connectivity index (χ0n) is 33.3. The smallest absolute Gasteiger partial charge is 0.459 e. The van der Waals surface area contributed by atoms with Crippen molar-refractivity contribution in [2.24, 2.45) is 5.41 Å². The van der Waals surface area contributed by atoms with Gasteiger partial charge in [0.1, 0.15) is 29.9 Å². The molecule has 1 fully saturated rings. The van der Waals surface area contributed by atoms with Crippen molar-refractivity contribution in [1.82, 2.24) is 29.7 Å². The van der Waals surface area contributed by atoms with Crippen molar-refractivity contribution in [3.63, 3.8) is 0 Å². The van der Waals surface area contributed by atoms with Crippen molar-refractivity contribution < 1.29 is 60.2 Å². The molecule has 18 nitrogen and oxygen atoms in total. The van der Waals surface area contributed by atoms with E-state index in [2.05, 4.69) is 25.1 Å². The molecule has 1 aliphatic rings. The number of carbonyl (C=O) groups is 2. The minimum Gasteiger partial charge on any atom is -0.479 e. The molecular weight excluding hydrogens is 801 g/mol. The first kappa shape index (κ1) is 44.6. The summed E-state index contributed by atoms with van der Waals surface area (Å²) in [6.07, 6.45) is -3.23. The van der Waals surface area contributed by atoms with Crippen molar-refractivity contribution in [3.8, 4) is 17.4 Å². The number of rotatable bonds is 20. The first-order chi connectivity index (χ1) is 27.5. The van der Waals surface area contributed by atoms with Crippen LogP contribution in [-0.2, 0) is 42.0 Å². The Morgan fingerprint density at radius 2 is 1.34 bits per heavy atom. The maximum Gasteiger partial charge on any atom is 0.459 e. The van der Waals surface area contributed by atoms with E-state index in [-0.39, 0.29) is 28.5 Å². The topological polar surface area (TPSA) is 210 Å². The average Bonchev–Trinajstić information content (AvgIpc) is 3.71. The summed E-state index contributed by atoms with van der Waals surface area (Å²) in [4.78, 5) is 38.2. The lowest BCUT2D eigenvalue weighted by Gasteiger charge is -2.33. The van der Waals surface area contributed by atoms with Gasteiger partial charge in [-0.2, -0.15) is 15.2 Å². The van der Waals surface area contributed by atoms with E-state index in [1.807, 2.05) is 0 Å². The van der Waals surface area contributed by atoms with Gasteiger partial charge in [-0.05, 0) is 65.8 Å². The number of nitrogens with one attached hydrogen (secondary N) is 2. The highest BCUT2D eigenvalue weighted by Gasteiger charge is 2.57. The van der Waals surface area contributed by atoms with E-state index in [0.29, 0.717) is 0 Å². The molecule has 5 rings (SSSR count). The van der Waals surface area contributed by atoms with Crippen LogP contribution in [-0.4, -0.2) is 88.3 Å². The van der Waals surface area contributed by atoms with Crippen molar-refractivity contribution in [2.45, 2.75) is 91.3 Å². The van der Waals surface area contributed by atoms with E-state index >= 15 is 4.39 Å². The molecule has 2 aromatic carbocycles. The number of para-hydroxylation sites is 2. The van der Waals surface area contributed by atoms with Crippen molar-refractivity contribution >= 4 is 38.6 Å². The SMILES string of the molecule is COc1ncnc2c1ncn2C1OC(COP(=O)(N[C@@H](C)C(=O)OC(C)C)Oc2ccccc2)[C@](C)(COP(=O)(N[C@@H](C)C(=O)OC(C)C)Oc2ccccc2)C1F. The van der Waals surface area contributed by atoms with Gasteiger partial charge in [-0.15, -0.1) is 0 Å². The number of halogens is 1. The van der Waals surface area contributed by atoms with E-state index in [1.165, 1.54) is 69.4 Å². The van der Waals surface area contributed by atoms with Crippen LogP contribution in [0.2, 0.25) is 0 Å². The fourth-order valence-electron chi connectivity index (χ4n) is 5.73. The van der Waals surface area contributed by atoms with Gasteiger partial charge in [0.2, 0.25) is 5.88 Å². The Morgan fingerprint density at radius 3 is 1.84 bits per heavy atom. The van der Waals surface area contributed by atoms with Gasteiger partial charge in [-0.3, -0.25) is 23.2 Å². The predicted octanol–water partition coefficient (Wildman–Crippen LogP) is 6.34. The van der Waals surface area contributed by atoms with Gasteiger partial charge in [0.15, 0.2) is 23.6 Å². The quantitative estimate of drug-likeness (QED) is 0.0734. The first-order valence-corrected chi connectivity index (χ1v) is 21.5. The number of benzene rings is 2. The third-order valence-corrected chi connectivity index (χ3v) is 12.0. The number of alkyl halides is 1. The molecule has 5 unspecified atom stereocenters. The number of carbonyl (C=O) groups excluding carboxylic acids is 2. The lowest BCUT2D eigenvalue weighted by Crippen LogP contribution is -2.43. The summed E-state index contributed by atoms with van der Waals surface area (Å²) in [7, 11) is -7.61. The molecule has 1 saturated heterocycles. The van der Waals surface area contributed by atoms with Crippen LogP contribution in [0.4, 0.5) is 4.39 Å². The Bertz CT molecular complexity index is 2100. The second-order valence-corrected chi connectivity index (χ2v) is 17.6. The molecule has 1 aliphatic heterocycles. The number of aromatic nitrogens is 4. The number of ether oxygens (including phenoxy) is 4. The lowest BCUT2D eigenvalue weighted by atomic mass is 9.82. The molecule has 2 aromatic heterocycles. The molecule has 8 atom stereocenters. The number of hydrogen-bond donors (Lipinski definition) is 2. The van der Waals surface area contributed by atoms with Crippen LogP contribution in [0.25, 0.3) is 11.2 Å². The summed E-state index contributed by atoms with van der Waals surface area (Å²) in [6.45, 7) is 9.61. The molecule has 0 radical (unpaired) electrons. The monoisotopic (exact) mass is 850 g/mol. The molecule has 0 saturated carbocycles. The van der Waals surface area contributed by atoms with Crippen molar-refractivity contribution in [1.29, 1.82) is 0 Å². The third-order valence-electron chi connectivity index (χ3n) is 8.71. The number of nitrogens with zero attached hydrogens (tertiary/aromatic N) is 4. The number of fused-ring (bicyclic) bond motifs is 1. The van der Waals surface area contributed by atoms with Crippen molar-refractivity contribution in [2.75, 3.05) is 20.3 Å². The zero-order valence-corrected chi connectivity index (χ0v) is 35.1. The first-order valence-electron chi connectivity index (χ1n) is 18.4. The van der Waals surface area contributed by atoms with Gasteiger partial charge in [0.25, 0.3) is 0 Å². The average molecular weight is 851 g/mol. The molecule has 3 heterocycles. The largest absolute Gasteiger partial charge is 0.479 e. The van der Waals surface area contributed by atoms with Gasteiger partial charge >= 0.3 is 27.4 Å². The minimum absolute atomic E-state index is 0.124. The molecule has 21 heteroatoms. The molecule has 2 N–H and O–H groups in total. The van der Waals surface area contributed by atoms with E-state index in [9.17, 15) is 18.7 Å². The Kier molecular flexibility index (Phi) is 14.7. The fourth-order valence-corrected chi connectivity index (χ4v) is 8.83. The van der Waals surface area contributed by atoms with Crippen LogP contribution < -0.4 is 24.0 Å². The lowest BCUT2D eigenvalue weighted by molar-refractivity contribution is -0.150. The second kappa shape index (κ2) is 19.1. The Labute approximate surface area is 335 Å². The van der Waals surface area contributed by atoms with Gasteiger partial charge < -0.3 is 28.0 Å². The molecular formula is C37H49FN6O12P2. The summed E-state index contributed by atoms with van der Waals surface area (Å²) in [5, 5.41) is 5.21. The zero-order chi connectivity index (χ0) is 42.3. The van der Waals surface area contributed by atoms with E-state index < -0.39 is 88.9 Å². The Morgan fingerprint density at radius 1 is 0.828 bits per heavy atom.